The lowest BCUT2D eigenvalue weighted by Gasteiger charge is -2.34. The molecule has 1 aromatic heterocycles. The molecule has 1 aliphatic heterocycles. The molecule has 2 amide bonds. The van der Waals surface area contributed by atoms with Crippen molar-refractivity contribution in [2.45, 2.75) is 39.3 Å². The fourth-order valence-electron chi connectivity index (χ4n) is 3.71. The van der Waals surface area contributed by atoms with Crippen molar-refractivity contribution in [1.29, 1.82) is 0 Å². The second-order valence-corrected chi connectivity index (χ2v) is 7.37. The summed E-state index contributed by atoms with van der Waals surface area (Å²) in [4.78, 5) is 33.4. The third kappa shape index (κ3) is 5.56. The highest BCUT2D eigenvalue weighted by Crippen LogP contribution is 2.23. The van der Waals surface area contributed by atoms with Gasteiger partial charge < -0.3 is 14.5 Å². The third-order valence-electron chi connectivity index (χ3n) is 5.42. The molecule has 0 unspecified atom stereocenters. The summed E-state index contributed by atoms with van der Waals surface area (Å²) in [6.45, 7) is 4.18. The van der Waals surface area contributed by atoms with Gasteiger partial charge in [-0.05, 0) is 42.7 Å². The average Bonchev–Trinajstić information content (AvgIpc) is 2.79. The predicted octanol–water partition coefficient (Wildman–Crippen LogP) is 3.27. The molecular weight excluding hydrogens is 366 g/mol. The van der Waals surface area contributed by atoms with Crippen LogP contribution in [0.5, 0.6) is 5.75 Å². The maximum absolute atomic E-state index is 13.3. The average molecular weight is 396 g/mol. The molecule has 0 spiro atoms. The minimum Gasteiger partial charge on any atom is -0.497 e. The number of aromatic nitrogens is 1. The third-order valence-corrected chi connectivity index (χ3v) is 5.42. The first-order valence-electron chi connectivity index (χ1n) is 10.2. The number of hydrogen-bond donors (Lipinski definition) is 0. The van der Waals surface area contributed by atoms with Crippen molar-refractivity contribution in [2.75, 3.05) is 20.2 Å². The summed E-state index contributed by atoms with van der Waals surface area (Å²) in [6.07, 6.45) is 3.69. The van der Waals surface area contributed by atoms with Crippen molar-refractivity contribution in [3.63, 3.8) is 0 Å². The predicted molar refractivity (Wildman–Crippen MR) is 111 cm³/mol. The lowest BCUT2D eigenvalue weighted by Crippen LogP contribution is -2.44. The summed E-state index contributed by atoms with van der Waals surface area (Å²) in [5.41, 5.74) is 1.92. The van der Waals surface area contributed by atoms with Gasteiger partial charge in [0.05, 0.1) is 19.3 Å². The van der Waals surface area contributed by atoms with Gasteiger partial charge in [-0.3, -0.25) is 14.6 Å². The fraction of sp³-hybridized carbons (Fsp3) is 0.435. The normalized spacial score (nSPS) is 14.5. The zero-order valence-electron chi connectivity index (χ0n) is 17.2. The van der Waals surface area contributed by atoms with Gasteiger partial charge >= 0.3 is 0 Å². The Morgan fingerprint density at radius 3 is 2.41 bits per heavy atom. The maximum atomic E-state index is 13.3. The summed E-state index contributed by atoms with van der Waals surface area (Å²) < 4.78 is 5.23. The van der Waals surface area contributed by atoms with E-state index in [4.69, 9.17) is 4.74 Å². The second-order valence-electron chi connectivity index (χ2n) is 7.37. The van der Waals surface area contributed by atoms with Gasteiger partial charge in [-0.25, -0.2) is 0 Å². The standard InChI is InChI=1S/C23H29N3O3/c1-3-22(27)25-14-11-19(12-15-25)23(28)26(17-20-6-4-5-13-24-20)16-18-7-9-21(29-2)10-8-18/h4-10,13,19H,3,11-12,14-17H2,1-2H3. The van der Waals surface area contributed by atoms with E-state index in [9.17, 15) is 9.59 Å². The zero-order chi connectivity index (χ0) is 20.6. The molecule has 2 aromatic rings. The van der Waals surface area contributed by atoms with Crippen LogP contribution < -0.4 is 4.74 Å². The number of hydrogen-bond acceptors (Lipinski definition) is 4. The number of pyridine rings is 1. The molecule has 1 saturated heterocycles. The van der Waals surface area contributed by atoms with Crippen LogP contribution in [-0.2, 0) is 22.7 Å². The Labute approximate surface area is 172 Å². The van der Waals surface area contributed by atoms with E-state index < -0.39 is 0 Å². The Morgan fingerprint density at radius 2 is 1.83 bits per heavy atom. The fourth-order valence-corrected chi connectivity index (χ4v) is 3.71. The highest BCUT2D eigenvalue weighted by atomic mass is 16.5. The number of carbonyl (C=O) groups is 2. The Balaban J connectivity index is 1.71. The van der Waals surface area contributed by atoms with Gasteiger partial charge in [0.1, 0.15) is 5.75 Å². The van der Waals surface area contributed by atoms with Gasteiger partial charge in [0.2, 0.25) is 11.8 Å². The van der Waals surface area contributed by atoms with Crippen LogP contribution in [0.3, 0.4) is 0 Å². The van der Waals surface area contributed by atoms with Crippen molar-refractivity contribution in [3.05, 3.63) is 59.9 Å². The van der Waals surface area contributed by atoms with Crippen molar-refractivity contribution >= 4 is 11.8 Å². The topological polar surface area (TPSA) is 62.7 Å². The van der Waals surface area contributed by atoms with Crippen LogP contribution in [0.4, 0.5) is 0 Å². The monoisotopic (exact) mass is 395 g/mol. The summed E-state index contributed by atoms with van der Waals surface area (Å²) in [5, 5.41) is 0. The van der Waals surface area contributed by atoms with Crippen LogP contribution >= 0.6 is 0 Å². The van der Waals surface area contributed by atoms with Gasteiger partial charge in [-0.1, -0.05) is 25.1 Å². The molecule has 1 aromatic carbocycles. The first kappa shape index (κ1) is 20.8. The molecule has 1 aliphatic rings. The molecule has 1 fully saturated rings. The molecule has 0 bridgehead atoms. The quantitative estimate of drug-likeness (QED) is 0.722. The Kier molecular flexibility index (Phi) is 7.22. The first-order chi connectivity index (χ1) is 14.1. The maximum Gasteiger partial charge on any atom is 0.226 e. The van der Waals surface area contributed by atoms with Crippen LogP contribution in [0.1, 0.15) is 37.4 Å². The molecule has 154 valence electrons. The summed E-state index contributed by atoms with van der Waals surface area (Å²) >= 11 is 0. The number of amides is 2. The number of piperidine rings is 1. The van der Waals surface area contributed by atoms with Crippen LogP contribution in [0.25, 0.3) is 0 Å². The number of rotatable bonds is 7. The Hall–Kier alpha value is -2.89. The number of carbonyl (C=O) groups excluding carboxylic acids is 2. The molecule has 0 aliphatic carbocycles. The van der Waals surface area contributed by atoms with Crippen molar-refractivity contribution in [1.82, 2.24) is 14.8 Å². The van der Waals surface area contributed by atoms with E-state index in [1.54, 1.807) is 13.3 Å². The highest BCUT2D eigenvalue weighted by Gasteiger charge is 2.30. The molecule has 2 heterocycles. The molecule has 0 saturated carbocycles. The molecule has 0 atom stereocenters. The highest BCUT2D eigenvalue weighted by molar-refractivity contribution is 5.80. The van der Waals surface area contributed by atoms with Gasteiger partial charge in [-0.15, -0.1) is 0 Å². The van der Waals surface area contributed by atoms with Crippen LogP contribution in [0, 0.1) is 5.92 Å². The number of benzene rings is 1. The van der Waals surface area contributed by atoms with Crippen molar-refractivity contribution in [3.8, 4) is 5.75 Å². The molecular formula is C23H29N3O3. The lowest BCUT2D eigenvalue weighted by atomic mass is 9.94. The van der Waals surface area contributed by atoms with Crippen molar-refractivity contribution in [2.24, 2.45) is 5.92 Å². The summed E-state index contributed by atoms with van der Waals surface area (Å²) in [5.74, 6) is 1.04. The van der Waals surface area contributed by atoms with Crippen molar-refractivity contribution < 1.29 is 14.3 Å². The van der Waals surface area contributed by atoms with E-state index in [0.717, 1.165) is 17.0 Å². The molecule has 6 heteroatoms. The first-order valence-corrected chi connectivity index (χ1v) is 10.2. The Bertz CT molecular complexity index is 800. The number of likely N-dealkylation sites (tertiary alicyclic amines) is 1. The molecule has 6 nitrogen and oxygen atoms in total. The largest absolute Gasteiger partial charge is 0.497 e. The van der Waals surface area contributed by atoms with E-state index in [2.05, 4.69) is 4.98 Å². The van der Waals surface area contributed by atoms with Gasteiger partial charge in [0.15, 0.2) is 0 Å². The van der Waals surface area contributed by atoms with E-state index in [-0.39, 0.29) is 17.7 Å². The second kappa shape index (κ2) is 10.0. The minimum atomic E-state index is -0.0575. The summed E-state index contributed by atoms with van der Waals surface area (Å²) in [6, 6.07) is 13.5. The van der Waals surface area contributed by atoms with Gasteiger partial charge in [-0.2, -0.15) is 0 Å². The molecule has 0 N–H and O–H groups in total. The van der Waals surface area contributed by atoms with Gasteiger partial charge in [0.25, 0.3) is 0 Å². The van der Waals surface area contributed by atoms with E-state index in [0.29, 0.717) is 45.4 Å². The zero-order valence-corrected chi connectivity index (χ0v) is 17.2. The van der Waals surface area contributed by atoms with E-state index in [1.165, 1.54) is 0 Å². The summed E-state index contributed by atoms with van der Waals surface area (Å²) in [7, 11) is 1.64. The van der Waals surface area contributed by atoms with Gasteiger partial charge in [0, 0.05) is 38.2 Å². The molecule has 3 rings (SSSR count). The number of nitrogens with zero attached hydrogens (tertiary/aromatic N) is 3. The molecule has 29 heavy (non-hydrogen) atoms. The van der Waals surface area contributed by atoms with Crippen LogP contribution in [0.15, 0.2) is 48.7 Å². The smallest absolute Gasteiger partial charge is 0.226 e. The van der Waals surface area contributed by atoms with E-state index in [1.807, 2.05) is 59.2 Å². The van der Waals surface area contributed by atoms with Crippen LogP contribution in [0.2, 0.25) is 0 Å². The molecule has 0 radical (unpaired) electrons. The number of methoxy groups -OCH3 is 1. The lowest BCUT2D eigenvalue weighted by molar-refractivity contribution is -0.141. The minimum absolute atomic E-state index is 0.0575. The number of ether oxygens (including phenoxy) is 1. The Morgan fingerprint density at radius 1 is 1.10 bits per heavy atom. The van der Waals surface area contributed by atoms with Crippen LogP contribution in [-0.4, -0.2) is 46.8 Å². The SMILES string of the molecule is CCC(=O)N1CCC(C(=O)N(Cc2ccc(OC)cc2)Cc2ccccn2)CC1. The van der Waals surface area contributed by atoms with E-state index >= 15 is 0 Å².